The Bertz CT molecular complexity index is 938. The number of nitrogens with zero attached hydrogens (tertiary/aromatic N) is 3. The molecule has 3 atom stereocenters. The number of sulfone groups is 1. The van der Waals surface area contributed by atoms with E-state index in [1.165, 1.54) is 0 Å². The van der Waals surface area contributed by atoms with E-state index in [9.17, 15) is 26.4 Å². The third-order valence-electron chi connectivity index (χ3n) is 6.07. The molecule has 0 bridgehead atoms. The first-order valence-corrected chi connectivity index (χ1v) is 12.2. The molecule has 3 aliphatic heterocycles. The monoisotopic (exact) mass is 493 g/mol. The van der Waals surface area contributed by atoms with Crippen molar-refractivity contribution < 1.29 is 41.0 Å². The minimum absolute atomic E-state index is 0.109. The lowest BCUT2D eigenvalue weighted by Crippen LogP contribution is -2.50. The van der Waals surface area contributed by atoms with Crippen molar-refractivity contribution in [1.82, 2.24) is 14.8 Å². The maximum atomic E-state index is 13.0. The molecule has 0 spiro atoms. The molecular formula is C20H26F3N3O6S. The Morgan fingerprint density at radius 1 is 1.18 bits per heavy atom. The van der Waals surface area contributed by atoms with Crippen molar-refractivity contribution in [2.75, 3.05) is 45.1 Å². The average Bonchev–Trinajstić information content (AvgIpc) is 3.19. The van der Waals surface area contributed by atoms with Gasteiger partial charge in [-0.25, -0.2) is 13.2 Å². The smallest absolute Gasteiger partial charge is 0.475 e. The number of halogens is 3. The molecule has 4 rings (SSSR count). The molecule has 9 nitrogen and oxygen atoms in total. The largest absolute Gasteiger partial charge is 0.490 e. The summed E-state index contributed by atoms with van der Waals surface area (Å²) < 4.78 is 62.3. The number of hydrogen-bond donors (Lipinski definition) is 1. The lowest BCUT2D eigenvalue weighted by atomic mass is 9.87. The van der Waals surface area contributed by atoms with Crippen LogP contribution in [0.3, 0.4) is 0 Å². The molecule has 33 heavy (non-hydrogen) atoms. The molecule has 0 aliphatic carbocycles. The van der Waals surface area contributed by atoms with Gasteiger partial charge in [0.25, 0.3) is 0 Å². The molecule has 1 N–H and O–H groups in total. The van der Waals surface area contributed by atoms with Gasteiger partial charge in [0.05, 0.1) is 29.9 Å². The molecule has 1 aromatic rings. The van der Waals surface area contributed by atoms with Gasteiger partial charge in [0.15, 0.2) is 9.84 Å². The van der Waals surface area contributed by atoms with Gasteiger partial charge in [-0.3, -0.25) is 14.7 Å². The predicted octanol–water partition coefficient (Wildman–Crippen LogP) is 0.809. The summed E-state index contributed by atoms with van der Waals surface area (Å²) in [6.45, 7) is 4.11. The van der Waals surface area contributed by atoms with Crippen LogP contribution in [-0.2, 0) is 30.7 Å². The van der Waals surface area contributed by atoms with Crippen molar-refractivity contribution in [2.24, 2.45) is 11.8 Å². The van der Waals surface area contributed by atoms with E-state index in [4.69, 9.17) is 14.6 Å². The molecule has 3 saturated heterocycles. The Balaban J connectivity index is 0.000000383. The molecule has 0 saturated carbocycles. The fraction of sp³-hybridized carbons (Fsp3) is 0.650. The number of pyridine rings is 1. The maximum Gasteiger partial charge on any atom is 0.490 e. The summed E-state index contributed by atoms with van der Waals surface area (Å²) in [7, 11) is -3.14. The number of carboxylic acids is 1. The molecule has 0 radical (unpaired) electrons. The number of alkyl halides is 3. The van der Waals surface area contributed by atoms with E-state index in [-0.39, 0.29) is 23.5 Å². The van der Waals surface area contributed by atoms with Gasteiger partial charge in [-0.2, -0.15) is 13.2 Å². The van der Waals surface area contributed by atoms with Crippen LogP contribution in [0, 0.1) is 11.8 Å². The number of carbonyl (C=O) groups is 2. The maximum absolute atomic E-state index is 13.0. The first kappa shape index (κ1) is 25.4. The quantitative estimate of drug-likeness (QED) is 0.658. The van der Waals surface area contributed by atoms with E-state index in [1.807, 2.05) is 23.1 Å². The van der Waals surface area contributed by atoms with Gasteiger partial charge in [-0.05, 0) is 18.6 Å². The third-order valence-corrected chi connectivity index (χ3v) is 8.30. The first-order valence-electron chi connectivity index (χ1n) is 10.5. The summed E-state index contributed by atoms with van der Waals surface area (Å²) in [4.78, 5) is 30.2. The van der Waals surface area contributed by atoms with Crippen LogP contribution >= 0.6 is 0 Å². The van der Waals surface area contributed by atoms with Crippen LogP contribution in [0.4, 0.5) is 13.2 Å². The van der Waals surface area contributed by atoms with Crippen molar-refractivity contribution >= 4 is 21.7 Å². The number of fused-ring (bicyclic) bond motifs is 1. The van der Waals surface area contributed by atoms with Crippen molar-refractivity contribution in [3.8, 4) is 0 Å². The van der Waals surface area contributed by atoms with Crippen molar-refractivity contribution in [1.29, 1.82) is 0 Å². The van der Waals surface area contributed by atoms with Crippen molar-refractivity contribution in [2.45, 2.75) is 24.4 Å². The fourth-order valence-corrected chi connectivity index (χ4v) is 6.61. The highest BCUT2D eigenvalue weighted by Crippen LogP contribution is 2.38. The van der Waals surface area contributed by atoms with E-state index < -0.39 is 27.2 Å². The SMILES string of the molecule is O=C(O)C(F)(F)F.O=C([C@@H]1CCS(=O)(=O)[C@@H]2CN(Cc3ccccn3)C[C@@H]21)N1CCOCC1. The summed E-state index contributed by atoms with van der Waals surface area (Å²) in [5.41, 5.74) is 0.930. The second-order valence-corrected chi connectivity index (χ2v) is 10.6. The molecule has 1 aromatic heterocycles. The average molecular weight is 494 g/mol. The number of likely N-dealkylation sites (tertiary alicyclic amines) is 1. The molecule has 3 aliphatic rings. The van der Waals surface area contributed by atoms with Crippen LogP contribution in [0.1, 0.15) is 12.1 Å². The number of rotatable bonds is 3. The van der Waals surface area contributed by atoms with Gasteiger partial charge in [0.2, 0.25) is 5.91 Å². The fourth-order valence-electron chi connectivity index (χ4n) is 4.48. The Morgan fingerprint density at radius 2 is 1.85 bits per heavy atom. The van der Waals surface area contributed by atoms with Crippen LogP contribution in [0.15, 0.2) is 24.4 Å². The van der Waals surface area contributed by atoms with Gasteiger partial charge in [0, 0.05) is 50.8 Å². The van der Waals surface area contributed by atoms with Crippen LogP contribution < -0.4 is 0 Å². The lowest BCUT2D eigenvalue weighted by molar-refractivity contribution is -0.192. The Kier molecular flexibility index (Phi) is 7.96. The van der Waals surface area contributed by atoms with Crippen molar-refractivity contribution in [3.63, 3.8) is 0 Å². The number of ether oxygens (including phenoxy) is 1. The molecule has 13 heteroatoms. The number of aromatic nitrogens is 1. The first-order chi connectivity index (χ1) is 15.5. The van der Waals surface area contributed by atoms with Crippen LogP contribution in [0.25, 0.3) is 0 Å². The minimum atomic E-state index is -5.08. The molecule has 184 valence electrons. The number of carbonyl (C=O) groups excluding carboxylic acids is 1. The van der Waals surface area contributed by atoms with E-state index in [2.05, 4.69) is 9.88 Å². The van der Waals surface area contributed by atoms with Gasteiger partial charge < -0.3 is 14.7 Å². The highest BCUT2D eigenvalue weighted by atomic mass is 32.2. The number of amides is 1. The van der Waals surface area contributed by atoms with Gasteiger partial charge in [-0.15, -0.1) is 0 Å². The Hall–Kier alpha value is -2.25. The number of aliphatic carboxylic acids is 1. The lowest BCUT2D eigenvalue weighted by Gasteiger charge is -2.36. The predicted molar refractivity (Wildman–Crippen MR) is 110 cm³/mol. The summed E-state index contributed by atoms with van der Waals surface area (Å²) >= 11 is 0. The normalized spacial score (nSPS) is 27.2. The summed E-state index contributed by atoms with van der Waals surface area (Å²) in [5, 5.41) is 6.69. The zero-order chi connectivity index (χ0) is 24.2. The van der Waals surface area contributed by atoms with Crippen LogP contribution in [0.2, 0.25) is 0 Å². The van der Waals surface area contributed by atoms with E-state index in [0.717, 1.165) is 5.69 Å². The highest BCUT2D eigenvalue weighted by Gasteiger charge is 2.51. The third kappa shape index (κ3) is 6.42. The standard InChI is InChI=1S/C18H25N3O4S.C2HF3O2/c22-18(21-6-8-25-9-7-21)15-4-10-26(23,24)17-13-20(12-16(15)17)11-14-3-1-2-5-19-14;3-2(4,5)1(6)7/h1-3,5,15-17H,4,6-13H2;(H,6,7)/t15-,16-,17-;/m1./s1. The highest BCUT2D eigenvalue weighted by molar-refractivity contribution is 7.92. The van der Waals surface area contributed by atoms with Crippen molar-refractivity contribution in [3.05, 3.63) is 30.1 Å². The number of carboxylic acid groups (broad SMARTS) is 1. The Morgan fingerprint density at radius 3 is 2.42 bits per heavy atom. The molecule has 3 fully saturated rings. The topological polar surface area (TPSA) is 117 Å². The molecule has 1 amide bonds. The second-order valence-electron chi connectivity index (χ2n) is 8.22. The molecule has 0 aromatic carbocycles. The summed E-state index contributed by atoms with van der Waals surface area (Å²) in [6.07, 6.45) is -2.89. The van der Waals surface area contributed by atoms with E-state index >= 15 is 0 Å². The minimum Gasteiger partial charge on any atom is -0.475 e. The van der Waals surface area contributed by atoms with Gasteiger partial charge in [-0.1, -0.05) is 6.07 Å². The van der Waals surface area contributed by atoms with Crippen LogP contribution in [-0.4, -0.2) is 96.8 Å². The van der Waals surface area contributed by atoms with Crippen LogP contribution in [0.5, 0.6) is 0 Å². The second kappa shape index (κ2) is 10.3. The zero-order valence-electron chi connectivity index (χ0n) is 17.8. The molecule has 4 heterocycles. The molecular weight excluding hydrogens is 467 g/mol. The number of morpholine rings is 1. The van der Waals surface area contributed by atoms with E-state index in [0.29, 0.717) is 52.4 Å². The molecule has 0 unspecified atom stereocenters. The number of hydrogen-bond acceptors (Lipinski definition) is 7. The van der Waals surface area contributed by atoms with E-state index in [1.54, 1.807) is 6.20 Å². The summed E-state index contributed by atoms with van der Waals surface area (Å²) in [6, 6.07) is 5.76. The van der Waals surface area contributed by atoms with Gasteiger partial charge >= 0.3 is 12.1 Å². The van der Waals surface area contributed by atoms with Gasteiger partial charge in [0.1, 0.15) is 0 Å². The Labute approximate surface area is 189 Å². The summed E-state index contributed by atoms with van der Waals surface area (Å²) in [5.74, 6) is -2.85. The zero-order valence-corrected chi connectivity index (χ0v) is 18.6.